The summed E-state index contributed by atoms with van der Waals surface area (Å²) in [5.74, 6) is 0.137. The molecule has 0 aromatic carbocycles. The molecular weight excluding hydrogens is 666 g/mol. The van der Waals surface area contributed by atoms with Gasteiger partial charge in [-0.15, -0.1) is 4.99 Å². The maximum atomic E-state index is 14.8. The van der Waals surface area contributed by atoms with Crippen LogP contribution in [0.25, 0.3) is 0 Å². The molecule has 5 unspecified atom stereocenters. The van der Waals surface area contributed by atoms with Crippen LogP contribution in [0.15, 0.2) is 4.99 Å². The van der Waals surface area contributed by atoms with Crippen LogP contribution in [0.3, 0.4) is 0 Å². The number of amides is 2. The van der Waals surface area contributed by atoms with Crippen molar-refractivity contribution < 1.29 is 38.5 Å². The number of carboxylic acids is 1. The lowest BCUT2D eigenvalue weighted by Crippen LogP contribution is -2.70. The number of aliphatic carboxylic acids is 1. The Kier molecular flexibility index (Phi) is 13.2. The van der Waals surface area contributed by atoms with Crippen LogP contribution in [0, 0.1) is 23.2 Å². The highest BCUT2D eigenvalue weighted by Crippen LogP contribution is 2.54. The molecule has 2 saturated heterocycles. The number of hydrogen-bond acceptors (Lipinski definition) is 9. The Bertz CT molecular complexity index is 1320. The van der Waals surface area contributed by atoms with Crippen LogP contribution in [0.2, 0.25) is 0 Å². The van der Waals surface area contributed by atoms with Crippen molar-refractivity contribution in [3.05, 3.63) is 0 Å². The first-order valence-electron chi connectivity index (χ1n) is 19.4. The number of Topliss-reactive ketones (excluding diaryl/α,β-unsaturated/α-hetero) is 1. The Morgan fingerprint density at radius 3 is 2.06 bits per heavy atom. The van der Waals surface area contributed by atoms with Gasteiger partial charge >= 0.3 is 18.2 Å². The molecular formula is C39H67N5O8. The summed E-state index contributed by atoms with van der Waals surface area (Å²) >= 11 is 0. The first kappa shape index (κ1) is 42.0. The monoisotopic (exact) mass is 733 g/mol. The molecule has 2 saturated carbocycles. The van der Waals surface area contributed by atoms with Crippen LogP contribution in [-0.2, 0) is 23.8 Å². The van der Waals surface area contributed by atoms with Gasteiger partial charge in [0.15, 0.2) is 5.78 Å². The number of ketones is 1. The summed E-state index contributed by atoms with van der Waals surface area (Å²) in [5, 5.41) is 9.69. The fraction of sp³-hybridized carbons (Fsp3) is 0.872. The van der Waals surface area contributed by atoms with E-state index in [1.165, 1.54) is 31.2 Å². The Morgan fingerprint density at radius 2 is 1.54 bits per heavy atom. The molecule has 4 aliphatic rings. The minimum absolute atomic E-state index is 0.0133. The largest absolute Gasteiger partial charge is 0.481 e. The molecule has 0 aromatic heterocycles. The molecule has 0 spiro atoms. The second kappa shape index (κ2) is 16.3. The van der Waals surface area contributed by atoms with Crippen molar-refractivity contribution in [1.82, 2.24) is 14.7 Å². The Morgan fingerprint density at radius 1 is 0.904 bits per heavy atom. The van der Waals surface area contributed by atoms with Gasteiger partial charge in [-0.3, -0.25) is 19.4 Å². The number of carbonyl (C=O) groups excluding carboxylic acids is 3. The smallest absolute Gasteiger partial charge is 0.437 e. The van der Waals surface area contributed by atoms with Crippen LogP contribution < -0.4 is 5.73 Å². The minimum atomic E-state index is -1.10. The van der Waals surface area contributed by atoms with Gasteiger partial charge in [0.05, 0.1) is 24.1 Å². The summed E-state index contributed by atoms with van der Waals surface area (Å²) in [5.41, 5.74) is 3.86. The molecule has 13 heteroatoms. The second-order valence-corrected chi connectivity index (χ2v) is 18.7. The zero-order valence-corrected chi connectivity index (χ0v) is 33.5. The summed E-state index contributed by atoms with van der Waals surface area (Å²) in [6.45, 7) is 19.2. The molecule has 13 nitrogen and oxygen atoms in total. The fourth-order valence-electron chi connectivity index (χ4n) is 9.40. The van der Waals surface area contributed by atoms with Crippen molar-refractivity contribution in [2.75, 3.05) is 33.3 Å². The van der Waals surface area contributed by atoms with Crippen molar-refractivity contribution in [1.29, 1.82) is 0 Å². The highest BCUT2D eigenvalue weighted by molar-refractivity contribution is 5.99. The first-order chi connectivity index (χ1) is 24.0. The molecule has 2 bridgehead atoms. The Balaban J connectivity index is 1.54. The lowest BCUT2D eigenvalue weighted by Gasteiger charge is -2.59. The zero-order chi connectivity index (χ0) is 38.8. The van der Waals surface area contributed by atoms with E-state index in [0.29, 0.717) is 50.8 Å². The summed E-state index contributed by atoms with van der Waals surface area (Å²) in [6.07, 6.45) is 6.26. The molecule has 296 valence electrons. The number of rotatable bonds is 9. The molecule has 2 aliphatic heterocycles. The molecule has 4 fully saturated rings. The van der Waals surface area contributed by atoms with Gasteiger partial charge in [0.2, 0.25) is 5.96 Å². The average molecular weight is 734 g/mol. The predicted octanol–water partition coefficient (Wildman–Crippen LogP) is 6.07. The Labute approximate surface area is 311 Å². The van der Waals surface area contributed by atoms with Gasteiger partial charge in [0, 0.05) is 32.8 Å². The van der Waals surface area contributed by atoms with Crippen molar-refractivity contribution in [3.8, 4) is 0 Å². The number of piperidine rings is 2. The van der Waals surface area contributed by atoms with Crippen LogP contribution in [0.4, 0.5) is 9.59 Å². The van der Waals surface area contributed by atoms with E-state index < -0.39 is 47.4 Å². The van der Waals surface area contributed by atoms with E-state index in [9.17, 15) is 24.3 Å². The van der Waals surface area contributed by atoms with E-state index in [2.05, 4.69) is 30.7 Å². The van der Waals surface area contributed by atoms with E-state index in [-0.39, 0.29) is 35.2 Å². The van der Waals surface area contributed by atoms with Crippen LogP contribution >= 0.6 is 0 Å². The number of guanidine groups is 1. The molecule has 6 atom stereocenters. The van der Waals surface area contributed by atoms with Gasteiger partial charge < -0.3 is 30.0 Å². The van der Waals surface area contributed by atoms with Crippen LogP contribution in [0.5, 0.6) is 0 Å². The van der Waals surface area contributed by atoms with Gasteiger partial charge in [0.25, 0.3) is 0 Å². The van der Waals surface area contributed by atoms with E-state index in [0.717, 1.165) is 25.8 Å². The van der Waals surface area contributed by atoms with Crippen molar-refractivity contribution in [2.45, 2.75) is 161 Å². The number of likely N-dealkylation sites (tertiary alicyclic amines) is 2. The molecule has 0 radical (unpaired) electrons. The SMILES string of the molecule is CN(C(=O)OC(C)(C)C)C(=NC(=O)OC(C)(C)C)N1CCC(OCC[C@@]2(C(=O)C(N)CC(=O)O)C(C(C)(C)C)CCCN2C2CC3CCC2C3)CC1. The third kappa shape index (κ3) is 10.3. The van der Waals surface area contributed by atoms with Gasteiger partial charge in [-0.05, 0) is 123 Å². The highest BCUT2D eigenvalue weighted by Gasteiger charge is 2.59. The van der Waals surface area contributed by atoms with Crippen molar-refractivity contribution in [3.63, 3.8) is 0 Å². The van der Waals surface area contributed by atoms with E-state index in [1.807, 2.05) is 4.90 Å². The maximum Gasteiger partial charge on any atom is 0.437 e. The van der Waals surface area contributed by atoms with Crippen LogP contribution in [0.1, 0.15) is 127 Å². The van der Waals surface area contributed by atoms with Gasteiger partial charge in [0.1, 0.15) is 11.2 Å². The lowest BCUT2D eigenvalue weighted by atomic mass is 9.59. The molecule has 52 heavy (non-hydrogen) atoms. The number of ether oxygens (including phenoxy) is 3. The summed E-state index contributed by atoms with van der Waals surface area (Å²) < 4.78 is 17.6. The maximum absolute atomic E-state index is 14.8. The lowest BCUT2D eigenvalue weighted by molar-refractivity contribution is -0.158. The highest BCUT2D eigenvalue weighted by atomic mass is 16.6. The number of fused-ring (bicyclic) bond motifs is 2. The molecule has 4 rings (SSSR count). The zero-order valence-electron chi connectivity index (χ0n) is 33.5. The van der Waals surface area contributed by atoms with Crippen molar-refractivity contribution >= 4 is 29.9 Å². The summed E-state index contributed by atoms with van der Waals surface area (Å²) in [6, 6.07) is -0.813. The topological polar surface area (TPSA) is 164 Å². The number of nitrogens with two attached hydrogens (primary N) is 1. The van der Waals surface area contributed by atoms with Crippen molar-refractivity contribution in [2.24, 2.45) is 33.9 Å². The molecule has 3 N–H and O–H groups in total. The average Bonchev–Trinajstić information content (AvgIpc) is 3.65. The summed E-state index contributed by atoms with van der Waals surface area (Å²) in [4.78, 5) is 62.3. The first-order valence-corrected chi connectivity index (χ1v) is 19.4. The normalized spacial score (nSPS) is 28.4. The van der Waals surface area contributed by atoms with E-state index in [4.69, 9.17) is 19.9 Å². The minimum Gasteiger partial charge on any atom is -0.481 e. The predicted molar refractivity (Wildman–Crippen MR) is 199 cm³/mol. The van der Waals surface area contributed by atoms with E-state index in [1.54, 1.807) is 41.5 Å². The quantitative estimate of drug-likeness (QED) is 0.209. The van der Waals surface area contributed by atoms with E-state index >= 15 is 0 Å². The molecule has 2 amide bonds. The van der Waals surface area contributed by atoms with Gasteiger partial charge in [-0.1, -0.05) is 27.2 Å². The van der Waals surface area contributed by atoms with Crippen LogP contribution in [-0.4, -0.2) is 118 Å². The Hall–Kier alpha value is -2.77. The van der Waals surface area contributed by atoms with Gasteiger partial charge in [-0.25, -0.2) is 9.59 Å². The number of hydrogen-bond donors (Lipinski definition) is 2. The van der Waals surface area contributed by atoms with Gasteiger partial charge in [-0.2, -0.15) is 0 Å². The fourth-order valence-corrected chi connectivity index (χ4v) is 9.40. The molecule has 0 aromatic rings. The molecule has 2 aliphatic carbocycles. The third-order valence-corrected chi connectivity index (χ3v) is 11.4. The number of carboxylic acid groups (broad SMARTS) is 1. The summed E-state index contributed by atoms with van der Waals surface area (Å²) in [7, 11) is 1.53. The second-order valence-electron chi connectivity index (χ2n) is 18.7. The standard InChI is InChI=1S/C39H67N5O8/c1-36(2,3)30-12-11-18-44(29-23-25-13-14-26(29)22-25)39(30,32(47)28(40)24-31(45)46)17-21-50-27-15-19-43(20-16-27)33(41-34(48)51-37(4,5)6)42(10)35(49)52-38(7,8)9/h25-30H,11-24,40H2,1-10H3,(H,45,46)/t25?,26?,28?,29?,30?,39-/m0/s1. The number of nitrogens with zero attached hydrogens (tertiary/aromatic N) is 4. The molecule has 2 heterocycles. The third-order valence-electron chi connectivity index (χ3n) is 11.4. The number of carbonyl (C=O) groups is 4. The number of aliphatic imine (C=N–C) groups is 1.